The lowest BCUT2D eigenvalue weighted by atomic mass is 9.75. The molecule has 2 rings (SSSR count). The van der Waals surface area contributed by atoms with Crippen molar-refractivity contribution in [2.75, 3.05) is 0 Å². The molecule has 2 saturated carbocycles. The van der Waals surface area contributed by atoms with E-state index in [1.54, 1.807) is 6.92 Å². The van der Waals surface area contributed by atoms with Crippen LogP contribution in [0.4, 0.5) is 0 Å². The van der Waals surface area contributed by atoms with Gasteiger partial charge in [0.2, 0.25) is 0 Å². The van der Waals surface area contributed by atoms with Crippen molar-refractivity contribution in [3.05, 3.63) is 12.2 Å². The third-order valence-electron chi connectivity index (χ3n) is 4.89. The molecular formula is C16H24O3. The molecule has 19 heavy (non-hydrogen) atoms. The number of aliphatic carboxylic acids is 1. The number of hydrogen-bond acceptors (Lipinski definition) is 2. The second-order valence-electron chi connectivity index (χ2n) is 6.13. The maximum Gasteiger partial charge on any atom is 0.303 e. The Bertz CT molecular complexity index is 372. The zero-order valence-corrected chi connectivity index (χ0v) is 11.7. The summed E-state index contributed by atoms with van der Waals surface area (Å²) < 4.78 is 0. The number of unbranched alkanes of at least 4 members (excludes halogenated alkanes) is 1. The molecule has 0 saturated heterocycles. The van der Waals surface area contributed by atoms with Crippen molar-refractivity contribution in [2.24, 2.45) is 23.7 Å². The molecule has 106 valence electrons. The van der Waals surface area contributed by atoms with Crippen LogP contribution in [-0.2, 0) is 9.59 Å². The van der Waals surface area contributed by atoms with Gasteiger partial charge in [0.25, 0.3) is 0 Å². The summed E-state index contributed by atoms with van der Waals surface area (Å²) in [5.74, 6) is 1.89. The lowest BCUT2D eigenvalue weighted by Gasteiger charge is -2.28. The highest BCUT2D eigenvalue weighted by Crippen LogP contribution is 2.53. The Morgan fingerprint density at radius 2 is 1.95 bits per heavy atom. The second-order valence-corrected chi connectivity index (χ2v) is 6.13. The Hall–Kier alpha value is -1.12. The summed E-state index contributed by atoms with van der Waals surface area (Å²) in [6.45, 7) is 1.74. The first-order chi connectivity index (χ1) is 9.09. The number of rotatable bonds is 7. The van der Waals surface area contributed by atoms with Crippen molar-refractivity contribution < 1.29 is 14.7 Å². The van der Waals surface area contributed by atoms with Gasteiger partial charge in [-0.3, -0.25) is 9.59 Å². The minimum Gasteiger partial charge on any atom is -0.481 e. The highest BCUT2D eigenvalue weighted by molar-refractivity contribution is 5.79. The third kappa shape index (κ3) is 3.46. The van der Waals surface area contributed by atoms with E-state index < -0.39 is 5.97 Å². The van der Waals surface area contributed by atoms with Crippen LogP contribution in [0.15, 0.2) is 12.2 Å². The van der Waals surface area contributed by atoms with Gasteiger partial charge in [-0.25, -0.2) is 0 Å². The molecule has 0 aromatic heterocycles. The summed E-state index contributed by atoms with van der Waals surface area (Å²) in [4.78, 5) is 22.2. The average molecular weight is 264 g/mol. The molecule has 2 aliphatic carbocycles. The first-order valence-corrected chi connectivity index (χ1v) is 7.47. The lowest BCUT2D eigenvalue weighted by molar-refractivity contribution is -0.137. The van der Waals surface area contributed by atoms with Crippen LogP contribution in [0.1, 0.15) is 51.9 Å². The number of fused-ring (bicyclic) bond motifs is 2. The fourth-order valence-electron chi connectivity index (χ4n) is 4.13. The number of ketones is 1. The smallest absolute Gasteiger partial charge is 0.303 e. The number of carbonyl (C=O) groups excluding carboxylic acids is 1. The molecule has 4 atom stereocenters. The minimum absolute atomic E-state index is 0.245. The Morgan fingerprint density at radius 3 is 2.63 bits per heavy atom. The molecule has 0 unspecified atom stereocenters. The van der Waals surface area contributed by atoms with Gasteiger partial charge in [-0.1, -0.05) is 12.2 Å². The topological polar surface area (TPSA) is 54.4 Å². The summed E-state index contributed by atoms with van der Waals surface area (Å²) >= 11 is 0. The number of carbonyl (C=O) groups is 2. The van der Waals surface area contributed by atoms with Crippen LogP contribution >= 0.6 is 0 Å². The van der Waals surface area contributed by atoms with Gasteiger partial charge in [0.05, 0.1) is 0 Å². The largest absolute Gasteiger partial charge is 0.481 e. The van der Waals surface area contributed by atoms with Crippen molar-refractivity contribution in [1.82, 2.24) is 0 Å². The maximum absolute atomic E-state index is 11.8. The van der Waals surface area contributed by atoms with Crippen molar-refractivity contribution in [3.63, 3.8) is 0 Å². The van der Waals surface area contributed by atoms with Crippen molar-refractivity contribution in [2.45, 2.75) is 51.9 Å². The Labute approximate surface area is 115 Å². The van der Waals surface area contributed by atoms with Crippen LogP contribution in [0, 0.1) is 23.7 Å². The first-order valence-electron chi connectivity index (χ1n) is 7.47. The number of Topliss-reactive ketones (excluding diaryl/α,β-unsaturated/α-hetero) is 1. The maximum atomic E-state index is 11.8. The van der Waals surface area contributed by atoms with Gasteiger partial charge in [0, 0.05) is 12.3 Å². The first kappa shape index (κ1) is 14.3. The Kier molecular flexibility index (Phi) is 4.78. The lowest BCUT2D eigenvalue weighted by Crippen LogP contribution is -2.27. The molecule has 2 fully saturated rings. The van der Waals surface area contributed by atoms with Gasteiger partial charge in [0.1, 0.15) is 5.78 Å². The van der Waals surface area contributed by atoms with Gasteiger partial charge in [-0.2, -0.15) is 0 Å². The van der Waals surface area contributed by atoms with Crippen molar-refractivity contribution in [1.29, 1.82) is 0 Å². The average Bonchev–Trinajstić information content (AvgIpc) is 2.93. The Balaban J connectivity index is 1.77. The molecular weight excluding hydrogens is 240 g/mol. The molecule has 3 heteroatoms. The summed E-state index contributed by atoms with van der Waals surface area (Å²) in [5, 5.41) is 8.55. The van der Waals surface area contributed by atoms with E-state index in [0.29, 0.717) is 30.0 Å². The van der Waals surface area contributed by atoms with Crippen LogP contribution in [0.3, 0.4) is 0 Å². The standard InChI is InChI=1S/C16H24O3/c1-11(17)16-13-9-8-12(10-13)14(16)6-4-2-3-5-7-15(18)19/h2,4,12-14,16H,3,5-10H2,1H3,(H,18,19)/b4-2-/t12-,13-,14+,16+/m0/s1. The van der Waals surface area contributed by atoms with Crippen LogP contribution in [-0.4, -0.2) is 16.9 Å². The highest BCUT2D eigenvalue weighted by Gasteiger charge is 2.48. The molecule has 0 heterocycles. The van der Waals surface area contributed by atoms with E-state index in [1.807, 2.05) is 0 Å². The van der Waals surface area contributed by atoms with Crippen LogP contribution < -0.4 is 0 Å². The molecule has 2 bridgehead atoms. The molecule has 0 aliphatic heterocycles. The second kappa shape index (κ2) is 6.36. The zero-order valence-electron chi connectivity index (χ0n) is 11.7. The van der Waals surface area contributed by atoms with E-state index in [0.717, 1.165) is 18.8 Å². The normalized spacial score (nSPS) is 33.1. The molecule has 0 aromatic rings. The zero-order chi connectivity index (χ0) is 13.8. The number of hydrogen-bond donors (Lipinski definition) is 1. The number of carboxylic acid groups (broad SMARTS) is 1. The highest BCUT2D eigenvalue weighted by atomic mass is 16.4. The van der Waals surface area contributed by atoms with Crippen molar-refractivity contribution >= 4 is 11.8 Å². The summed E-state index contributed by atoms with van der Waals surface area (Å²) in [7, 11) is 0. The Morgan fingerprint density at radius 1 is 1.21 bits per heavy atom. The molecule has 0 amide bonds. The van der Waals surface area contributed by atoms with Gasteiger partial charge >= 0.3 is 5.97 Å². The quantitative estimate of drug-likeness (QED) is 0.566. The van der Waals surface area contributed by atoms with E-state index in [2.05, 4.69) is 12.2 Å². The monoisotopic (exact) mass is 264 g/mol. The van der Waals surface area contributed by atoms with E-state index in [4.69, 9.17) is 5.11 Å². The SMILES string of the molecule is CC(=O)[C@@H]1[C@H]2CC[C@@H](C2)[C@H]1C/C=C\CCCC(=O)O. The summed E-state index contributed by atoms with van der Waals surface area (Å²) in [6, 6.07) is 0. The molecule has 2 aliphatic rings. The van der Waals surface area contributed by atoms with Crippen LogP contribution in [0.25, 0.3) is 0 Å². The molecule has 0 spiro atoms. The van der Waals surface area contributed by atoms with E-state index in [9.17, 15) is 9.59 Å². The molecule has 0 aromatic carbocycles. The van der Waals surface area contributed by atoms with E-state index in [1.165, 1.54) is 19.3 Å². The van der Waals surface area contributed by atoms with E-state index in [-0.39, 0.29) is 6.42 Å². The molecule has 0 radical (unpaired) electrons. The van der Waals surface area contributed by atoms with Gasteiger partial charge in [-0.05, 0) is 63.2 Å². The summed E-state index contributed by atoms with van der Waals surface area (Å²) in [6.07, 6.45) is 10.8. The number of allylic oxidation sites excluding steroid dienone is 2. The van der Waals surface area contributed by atoms with E-state index >= 15 is 0 Å². The predicted molar refractivity (Wildman–Crippen MR) is 73.7 cm³/mol. The van der Waals surface area contributed by atoms with Crippen LogP contribution in [0.2, 0.25) is 0 Å². The molecule has 1 N–H and O–H groups in total. The molecule has 3 nitrogen and oxygen atoms in total. The van der Waals surface area contributed by atoms with Gasteiger partial charge in [0.15, 0.2) is 0 Å². The van der Waals surface area contributed by atoms with Crippen molar-refractivity contribution in [3.8, 4) is 0 Å². The van der Waals surface area contributed by atoms with Gasteiger partial charge in [-0.15, -0.1) is 0 Å². The van der Waals surface area contributed by atoms with Crippen LogP contribution in [0.5, 0.6) is 0 Å². The fraction of sp³-hybridized carbons (Fsp3) is 0.750. The fourth-order valence-corrected chi connectivity index (χ4v) is 4.13. The minimum atomic E-state index is -0.724. The predicted octanol–water partition coefficient (Wildman–Crippen LogP) is 3.44. The number of carboxylic acids is 1. The third-order valence-corrected chi connectivity index (χ3v) is 4.89. The van der Waals surface area contributed by atoms with Gasteiger partial charge < -0.3 is 5.11 Å². The summed E-state index contributed by atoms with van der Waals surface area (Å²) in [5.41, 5.74) is 0.